The first-order chi connectivity index (χ1) is 12.5. The molecule has 1 aliphatic heterocycles. The Labute approximate surface area is 152 Å². The van der Waals surface area contributed by atoms with Crippen molar-refractivity contribution in [3.63, 3.8) is 0 Å². The molecule has 0 spiro atoms. The molecule has 136 valence electrons. The minimum absolute atomic E-state index is 0.117. The molecule has 6 nitrogen and oxygen atoms in total. The second kappa shape index (κ2) is 6.53. The van der Waals surface area contributed by atoms with Crippen molar-refractivity contribution in [2.45, 2.75) is 4.90 Å². The van der Waals surface area contributed by atoms with Crippen molar-refractivity contribution in [3.05, 3.63) is 47.6 Å². The van der Waals surface area contributed by atoms with Crippen LogP contribution < -0.4 is 4.90 Å². The van der Waals surface area contributed by atoms with Crippen molar-refractivity contribution in [2.75, 3.05) is 31.1 Å². The summed E-state index contributed by atoms with van der Waals surface area (Å²) in [5, 5.41) is 2.83. The van der Waals surface area contributed by atoms with Gasteiger partial charge in [-0.2, -0.15) is 4.31 Å². The van der Waals surface area contributed by atoms with E-state index < -0.39 is 26.6 Å². The lowest BCUT2D eigenvalue weighted by molar-refractivity contribution is 0.378. The molecule has 2 aromatic heterocycles. The van der Waals surface area contributed by atoms with Crippen LogP contribution in [0.2, 0.25) is 0 Å². The van der Waals surface area contributed by atoms with Gasteiger partial charge in [-0.1, -0.05) is 6.07 Å². The number of fused-ring (bicyclic) bond motifs is 1. The van der Waals surface area contributed by atoms with Crippen LogP contribution in [0.3, 0.4) is 0 Å². The maximum Gasteiger partial charge on any atom is 0.249 e. The summed E-state index contributed by atoms with van der Waals surface area (Å²) in [6, 6.07) is 4.96. The first-order valence-electron chi connectivity index (χ1n) is 7.86. The van der Waals surface area contributed by atoms with Crippen molar-refractivity contribution in [1.82, 2.24) is 14.3 Å². The standard InChI is InChI=1S/C16H14F2N4O2S2/c17-12-2-1-3-13(18)14(12)26(23,24)22-7-5-21(6-8-22)15-11-4-9-25-16(11)20-10-19-15/h1-4,9-10H,5-8H2. The highest BCUT2D eigenvalue weighted by molar-refractivity contribution is 7.89. The number of hydrogen-bond donors (Lipinski definition) is 0. The van der Waals surface area contributed by atoms with Crippen LogP contribution in [-0.4, -0.2) is 48.9 Å². The Bertz CT molecular complexity index is 1040. The molecular weight excluding hydrogens is 382 g/mol. The molecule has 1 saturated heterocycles. The number of aromatic nitrogens is 2. The Kier molecular flexibility index (Phi) is 4.33. The second-order valence-corrected chi connectivity index (χ2v) is 8.55. The van der Waals surface area contributed by atoms with Gasteiger partial charge in [0, 0.05) is 26.2 Å². The van der Waals surface area contributed by atoms with Crippen LogP contribution in [0.1, 0.15) is 0 Å². The minimum atomic E-state index is -4.23. The lowest BCUT2D eigenvalue weighted by Gasteiger charge is -2.34. The van der Waals surface area contributed by atoms with Gasteiger partial charge in [-0.05, 0) is 23.6 Å². The van der Waals surface area contributed by atoms with Gasteiger partial charge < -0.3 is 4.90 Å². The van der Waals surface area contributed by atoms with Crippen LogP contribution in [0.25, 0.3) is 10.2 Å². The molecule has 1 fully saturated rings. The first kappa shape index (κ1) is 17.3. The molecule has 0 amide bonds. The fraction of sp³-hybridized carbons (Fsp3) is 0.250. The molecule has 0 N–H and O–H groups in total. The normalized spacial score (nSPS) is 16.3. The van der Waals surface area contributed by atoms with E-state index in [1.165, 1.54) is 17.7 Å². The summed E-state index contributed by atoms with van der Waals surface area (Å²) in [6.45, 7) is 0.978. The SMILES string of the molecule is O=S(=O)(c1c(F)cccc1F)N1CCN(c2ncnc3sccc23)CC1. The third-order valence-electron chi connectivity index (χ3n) is 4.30. The van der Waals surface area contributed by atoms with Crippen LogP contribution in [0.5, 0.6) is 0 Å². The Morgan fingerprint density at radius 3 is 2.38 bits per heavy atom. The van der Waals surface area contributed by atoms with Gasteiger partial charge in [0.05, 0.1) is 5.39 Å². The number of sulfonamides is 1. The monoisotopic (exact) mass is 396 g/mol. The molecule has 0 atom stereocenters. The van der Waals surface area contributed by atoms with E-state index >= 15 is 0 Å². The van der Waals surface area contributed by atoms with Crippen LogP contribution in [0.15, 0.2) is 40.9 Å². The lowest BCUT2D eigenvalue weighted by atomic mass is 10.3. The van der Waals surface area contributed by atoms with Crippen LogP contribution >= 0.6 is 11.3 Å². The van der Waals surface area contributed by atoms with E-state index in [0.29, 0.717) is 13.1 Å². The molecule has 3 aromatic rings. The highest BCUT2D eigenvalue weighted by Gasteiger charge is 2.33. The number of hydrogen-bond acceptors (Lipinski definition) is 6. The number of piperazine rings is 1. The lowest BCUT2D eigenvalue weighted by Crippen LogP contribution is -2.49. The van der Waals surface area contributed by atoms with Crippen molar-refractivity contribution in [3.8, 4) is 0 Å². The summed E-state index contributed by atoms with van der Waals surface area (Å²) >= 11 is 1.50. The Morgan fingerprint density at radius 1 is 1.00 bits per heavy atom. The molecule has 1 aliphatic rings. The number of thiophene rings is 1. The summed E-state index contributed by atoms with van der Waals surface area (Å²) in [7, 11) is -4.23. The van der Waals surface area contributed by atoms with E-state index in [4.69, 9.17) is 0 Å². The summed E-state index contributed by atoms with van der Waals surface area (Å²) in [4.78, 5) is 10.4. The Morgan fingerprint density at radius 2 is 1.69 bits per heavy atom. The molecule has 0 unspecified atom stereocenters. The van der Waals surface area contributed by atoms with Gasteiger partial charge in [-0.3, -0.25) is 0 Å². The number of anilines is 1. The quantitative estimate of drug-likeness (QED) is 0.681. The van der Waals surface area contributed by atoms with Crippen LogP contribution in [0, 0.1) is 11.6 Å². The molecule has 0 saturated carbocycles. The third kappa shape index (κ3) is 2.83. The summed E-state index contributed by atoms with van der Waals surface area (Å²) in [5.41, 5.74) is 0. The molecule has 26 heavy (non-hydrogen) atoms. The zero-order valence-corrected chi connectivity index (χ0v) is 15.1. The maximum atomic E-state index is 13.9. The predicted molar refractivity (Wildman–Crippen MR) is 94.7 cm³/mol. The number of nitrogens with zero attached hydrogens (tertiary/aromatic N) is 4. The fourth-order valence-electron chi connectivity index (χ4n) is 3.03. The van der Waals surface area contributed by atoms with Gasteiger partial charge in [-0.15, -0.1) is 11.3 Å². The zero-order chi connectivity index (χ0) is 18.3. The molecule has 0 aliphatic carbocycles. The minimum Gasteiger partial charge on any atom is -0.353 e. The zero-order valence-electron chi connectivity index (χ0n) is 13.5. The van der Waals surface area contributed by atoms with Crippen LogP contribution in [-0.2, 0) is 10.0 Å². The smallest absolute Gasteiger partial charge is 0.249 e. The largest absolute Gasteiger partial charge is 0.353 e. The van der Waals surface area contributed by atoms with Crippen molar-refractivity contribution < 1.29 is 17.2 Å². The number of halogens is 2. The van der Waals surface area contributed by atoms with Gasteiger partial charge in [0.2, 0.25) is 10.0 Å². The van der Waals surface area contributed by atoms with Gasteiger partial charge in [0.25, 0.3) is 0 Å². The van der Waals surface area contributed by atoms with Gasteiger partial charge >= 0.3 is 0 Å². The van der Waals surface area contributed by atoms with Gasteiger partial charge in [0.1, 0.15) is 28.6 Å². The molecule has 0 radical (unpaired) electrons. The van der Waals surface area contributed by atoms with E-state index in [-0.39, 0.29) is 13.1 Å². The van der Waals surface area contributed by atoms with E-state index in [9.17, 15) is 17.2 Å². The molecule has 3 heterocycles. The number of rotatable bonds is 3. The van der Waals surface area contributed by atoms with Crippen molar-refractivity contribution >= 4 is 37.4 Å². The topological polar surface area (TPSA) is 66.4 Å². The summed E-state index contributed by atoms with van der Waals surface area (Å²) < 4.78 is 54.2. The predicted octanol–water partition coefficient (Wildman–Crippen LogP) is 2.48. The Balaban J connectivity index is 1.58. The molecule has 10 heteroatoms. The maximum absolute atomic E-state index is 13.9. The molecule has 4 rings (SSSR count). The van der Waals surface area contributed by atoms with Crippen molar-refractivity contribution in [1.29, 1.82) is 0 Å². The summed E-state index contributed by atoms with van der Waals surface area (Å²) in [6.07, 6.45) is 1.48. The van der Waals surface area contributed by atoms with E-state index in [0.717, 1.165) is 38.5 Å². The highest BCUT2D eigenvalue weighted by atomic mass is 32.2. The van der Waals surface area contributed by atoms with E-state index in [2.05, 4.69) is 9.97 Å². The van der Waals surface area contributed by atoms with E-state index in [1.54, 1.807) is 0 Å². The van der Waals surface area contributed by atoms with Crippen molar-refractivity contribution in [2.24, 2.45) is 0 Å². The number of benzene rings is 1. The average Bonchev–Trinajstić information content (AvgIpc) is 3.10. The third-order valence-corrected chi connectivity index (χ3v) is 7.07. The first-order valence-corrected chi connectivity index (χ1v) is 10.2. The van der Waals surface area contributed by atoms with Crippen LogP contribution in [0.4, 0.5) is 14.6 Å². The Hall–Kier alpha value is -2.17. The fourth-order valence-corrected chi connectivity index (χ4v) is 5.29. The highest BCUT2D eigenvalue weighted by Crippen LogP contribution is 2.29. The van der Waals surface area contributed by atoms with Gasteiger partial charge in [-0.25, -0.2) is 27.2 Å². The average molecular weight is 396 g/mol. The molecule has 0 bridgehead atoms. The molecule has 1 aromatic carbocycles. The molecular formula is C16H14F2N4O2S2. The summed E-state index contributed by atoms with van der Waals surface area (Å²) in [5.74, 6) is -1.42. The second-order valence-electron chi connectivity index (χ2n) is 5.78. The van der Waals surface area contributed by atoms with Gasteiger partial charge in [0.15, 0.2) is 4.90 Å². The van der Waals surface area contributed by atoms with E-state index in [1.807, 2.05) is 16.3 Å².